The van der Waals surface area contributed by atoms with Crippen LogP contribution < -0.4 is 0 Å². The third kappa shape index (κ3) is 2.08. The second kappa shape index (κ2) is 4.52. The average molecular weight is 228 g/mol. The summed E-state index contributed by atoms with van der Waals surface area (Å²) in [6, 6.07) is 5.11. The van der Waals surface area contributed by atoms with Crippen molar-refractivity contribution in [3.8, 4) is 0 Å². The summed E-state index contributed by atoms with van der Waals surface area (Å²) in [5, 5.41) is 1.29. The lowest BCUT2D eigenvalue weighted by Crippen LogP contribution is -2.07. The Balaban J connectivity index is 1.98. The van der Waals surface area contributed by atoms with Gasteiger partial charge in [0, 0.05) is 23.8 Å². The zero-order valence-electron chi connectivity index (χ0n) is 10.5. The Morgan fingerprint density at radius 2 is 1.94 bits per heavy atom. The van der Waals surface area contributed by atoms with Gasteiger partial charge in [-0.15, -0.1) is 0 Å². The first-order chi connectivity index (χ1) is 8.34. The SMILES string of the molecule is Cc1cnc2c(ccn2C2CCCCCC2)c1. The number of aryl methyl sites for hydroxylation is 1. The highest BCUT2D eigenvalue weighted by atomic mass is 15.1. The molecule has 0 amide bonds. The number of hydrogen-bond donors (Lipinski definition) is 0. The zero-order valence-corrected chi connectivity index (χ0v) is 10.5. The van der Waals surface area contributed by atoms with Crippen molar-refractivity contribution in [3.05, 3.63) is 30.1 Å². The molecule has 0 aliphatic heterocycles. The summed E-state index contributed by atoms with van der Waals surface area (Å²) >= 11 is 0. The highest BCUT2D eigenvalue weighted by Crippen LogP contribution is 2.30. The van der Waals surface area contributed by atoms with Crippen molar-refractivity contribution in [3.63, 3.8) is 0 Å². The fraction of sp³-hybridized carbons (Fsp3) is 0.533. The predicted molar refractivity (Wildman–Crippen MR) is 71.2 cm³/mol. The van der Waals surface area contributed by atoms with E-state index in [1.807, 2.05) is 6.20 Å². The third-order valence-electron chi connectivity index (χ3n) is 3.91. The third-order valence-corrected chi connectivity index (χ3v) is 3.91. The van der Waals surface area contributed by atoms with Crippen LogP contribution in [0.15, 0.2) is 24.5 Å². The van der Waals surface area contributed by atoms with Crippen LogP contribution >= 0.6 is 0 Å². The molecule has 1 aliphatic carbocycles. The quantitative estimate of drug-likeness (QED) is 0.667. The second-order valence-electron chi connectivity index (χ2n) is 5.29. The minimum atomic E-state index is 0.671. The van der Waals surface area contributed by atoms with E-state index < -0.39 is 0 Å². The number of nitrogens with zero attached hydrogens (tertiary/aromatic N) is 2. The van der Waals surface area contributed by atoms with Crippen molar-refractivity contribution in [2.75, 3.05) is 0 Å². The highest BCUT2D eigenvalue weighted by Gasteiger charge is 2.15. The molecule has 2 heterocycles. The van der Waals surface area contributed by atoms with E-state index in [1.54, 1.807) is 0 Å². The Morgan fingerprint density at radius 3 is 2.71 bits per heavy atom. The Bertz CT molecular complexity index is 505. The Hall–Kier alpha value is -1.31. The van der Waals surface area contributed by atoms with Gasteiger partial charge in [0.15, 0.2) is 0 Å². The van der Waals surface area contributed by atoms with E-state index in [9.17, 15) is 0 Å². The Kier molecular flexibility index (Phi) is 2.87. The van der Waals surface area contributed by atoms with Crippen LogP contribution in [0.3, 0.4) is 0 Å². The number of pyridine rings is 1. The summed E-state index contributed by atoms with van der Waals surface area (Å²) in [5.74, 6) is 0. The molecule has 2 nitrogen and oxygen atoms in total. The highest BCUT2D eigenvalue weighted by molar-refractivity contribution is 5.76. The van der Waals surface area contributed by atoms with Crippen molar-refractivity contribution >= 4 is 11.0 Å². The minimum absolute atomic E-state index is 0.671. The first kappa shape index (κ1) is 10.8. The van der Waals surface area contributed by atoms with Crippen LogP contribution in [0.25, 0.3) is 11.0 Å². The van der Waals surface area contributed by atoms with Crippen molar-refractivity contribution in [1.29, 1.82) is 0 Å². The summed E-state index contributed by atoms with van der Waals surface area (Å²) in [6.07, 6.45) is 12.4. The fourth-order valence-corrected chi connectivity index (χ4v) is 2.98. The van der Waals surface area contributed by atoms with E-state index in [0.29, 0.717) is 6.04 Å². The molecular weight excluding hydrogens is 208 g/mol. The van der Waals surface area contributed by atoms with Gasteiger partial charge in [-0.05, 0) is 37.5 Å². The molecule has 0 saturated heterocycles. The average Bonchev–Trinajstić information content (AvgIpc) is 2.57. The maximum absolute atomic E-state index is 4.61. The first-order valence-corrected chi connectivity index (χ1v) is 6.78. The van der Waals surface area contributed by atoms with Crippen LogP contribution in [0, 0.1) is 6.92 Å². The lowest BCUT2D eigenvalue weighted by molar-refractivity contribution is 0.454. The minimum Gasteiger partial charge on any atom is -0.329 e. The smallest absolute Gasteiger partial charge is 0.140 e. The molecule has 90 valence electrons. The van der Waals surface area contributed by atoms with Gasteiger partial charge >= 0.3 is 0 Å². The largest absolute Gasteiger partial charge is 0.329 e. The maximum Gasteiger partial charge on any atom is 0.140 e. The van der Waals surface area contributed by atoms with E-state index in [4.69, 9.17) is 0 Å². The summed E-state index contributed by atoms with van der Waals surface area (Å²) in [7, 11) is 0. The molecule has 0 aromatic carbocycles. The predicted octanol–water partition coefficient (Wildman–Crippen LogP) is 4.24. The molecule has 0 atom stereocenters. The fourth-order valence-electron chi connectivity index (χ4n) is 2.98. The van der Waals surface area contributed by atoms with Crippen LogP contribution in [-0.2, 0) is 0 Å². The van der Waals surface area contributed by atoms with E-state index in [-0.39, 0.29) is 0 Å². The summed E-state index contributed by atoms with van der Waals surface area (Å²) < 4.78 is 2.40. The van der Waals surface area contributed by atoms with Gasteiger partial charge in [0.1, 0.15) is 5.65 Å². The number of fused-ring (bicyclic) bond motifs is 1. The molecule has 2 aromatic rings. The van der Waals surface area contributed by atoms with E-state index >= 15 is 0 Å². The number of rotatable bonds is 1. The lowest BCUT2D eigenvalue weighted by atomic mass is 10.1. The topological polar surface area (TPSA) is 17.8 Å². The Labute approximate surface area is 103 Å². The normalized spacial score (nSPS) is 18.4. The van der Waals surface area contributed by atoms with Gasteiger partial charge in [-0.25, -0.2) is 4.98 Å². The monoisotopic (exact) mass is 228 g/mol. The van der Waals surface area contributed by atoms with E-state index in [2.05, 4.69) is 34.8 Å². The zero-order chi connectivity index (χ0) is 11.7. The molecule has 0 bridgehead atoms. The number of hydrogen-bond acceptors (Lipinski definition) is 1. The molecule has 0 N–H and O–H groups in total. The van der Waals surface area contributed by atoms with Gasteiger partial charge in [0.2, 0.25) is 0 Å². The van der Waals surface area contributed by atoms with Gasteiger partial charge in [0.05, 0.1) is 0 Å². The van der Waals surface area contributed by atoms with Crippen molar-refractivity contribution in [1.82, 2.24) is 9.55 Å². The van der Waals surface area contributed by atoms with Gasteiger partial charge in [-0.2, -0.15) is 0 Å². The lowest BCUT2D eigenvalue weighted by Gasteiger charge is -2.17. The standard InChI is InChI=1S/C15H20N2/c1-12-10-13-8-9-17(15(13)16-11-12)14-6-4-2-3-5-7-14/h8-11,14H,2-7H2,1H3. The van der Waals surface area contributed by atoms with Gasteiger partial charge in [0.25, 0.3) is 0 Å². The van der Waals surface area contributed by atoms with Crippen LogP contribution in [0.2, 0.25) is 0 Å². The van der Waals surface area contributed by atoms with Gasteiger partial charge < -0.3 is 4.57 Å². The summed E-state index contributed by atoms with van der Waals surface area (Å²) in [5.41, 5.74) is 2.42. The Morgan fingerprint density at radius 1 is 1.18 bits per heavy atom. The van der Waals surface area contributed by atoms with Crippen LogP contribution in [0.5, 0.6) is 0 Å². The summed E-state index contributed by atoms with van der Waals surface area (Å²) in [6.45, 7) is 2.11. The molecule has 1 aliphatic rings. The molecule has 2 aromatic heterocycles. The molecule has 0 unspecified atom stereocenters. The number of aromatic nitrogens is 2. The molecule has 0 radical (unpaired) electrons. The van der Waals surface area contributed by atoms with E-state index in [0.717, 1.165) is 0 Å². The molecular formula is C15H20N2. The van der Waals surface area contributed by atoms with Gasteiger partial charge in [-0.1, -0.05) is 25.7 Å². The van der Waals surface area contributed by atoms with E-state index in [1.165, 1.54) is 55.1 Å². The van der Waals surface area contributed by atoms with Crippen LogP contribution in [0.4, 0.5) is 0 Å². The molecule has 17 heavy (non-hydrogen) atoms. The summed E-state index contributed by atoms with van der Waals surface area (Å²) in [4.78, 5) is 4.61. The van der Waals surface area contributed by atoms with Crippen LogP contribution in [-0.4, -0.2) is 9.55 Å². The van der Waals surface area contributed by atoms with Crippen molar-refractivity contribution in [2.45, 2.75) is 51.5 Å². The molecule has 1 fully saturated rings. The van der Waals surface area contributed by atoms with Crippen molar-refractivity contribution in [2.24, 2.45) is 0 Å². The van der Waals surface area contributed by atoms with Gasteiger partial charge in [-0.3, -0.25) is 0 Å². The molecule has 1 saturated carbocycles. The maximum atomic E-state index is 4.61. The van der Waals surface area contributed by atoms with Crippen molar-refractivity contribution < 1.29 is 0 Å². The van der Waals surface area contributed by atoms with Crippen LogP contribution in [0.1, 0.15) is 50.1 Å². The molecule has 0 spiro atoms. The second-order valence-corrected chi connectivity index (χ2v) is 5.29. The molecule has 3 rings (SSSR count). The molecule has 2 heteroatoms. The first-order valence-electron chi connectivity index (χ1n) is 6.78.